The molecule has 2 aromatic rings. The summed E-state index contributed by atoms with van der Waals surface area (Å²) in [4.78, 5) is 25.1. The lowest BCUT2D eigenvalue weighted by Gasteiger charge is -2.15. The molecule has 6 heteroatoms. The second-order valence-corrected chi connectivity index (χ2v) is 6.11. The van der Waals surface area contributed by atoms with Gasteiger partial charge in [0.1, 0.15) is 0 Å². The zero-order valence-electron chi connectivity index (χ0n) is 14.0. The molecule has 0 aliphatic heterocycles. The number of benzene rings is 1. The lowest BCUT2D eigenvalue weighted by atomic mass is 10.1. The monoisotopic (exact) mass is 317 g/mol. The van der Waals surface area contributed by atoms with E-state index in [1.54, 1.807) is 31.4 Å². The molecule has 1 atom stereocenters. The fourth-order valence-electron chi connectivity index (χ4n) is 2.46. The van der Waals surface area contributed by atoms with Crippen LogP contribution < -0.4 is 10.9 Å². The van der Waals surface area contributed by atoms with E-state index in [4.69, 9.17) is 4.74 Å². The van der Waals surface area contributed by atoms with Crippen LogP contribution in [0.4, 0.5) is 0 Å². The summed E-state index contributed by atoms with van der Waals surface area (Å²) in [5.74, 6) is -0.0482. The van der Waals surface area contributed by atoms with Crippen molar-refractivity contribution in [1.29, 1.82) is 0 Å². The van der Waals surface area contributed by atoms with Crippen LogP contribution >= 0.6 is 0 Å². The van der Waals surface area contributed by atoms with Gasteiger partial charge in [-0.1, -0.05) is 32.0 Å². The van der Waals surface area contributed by atoms with Gasteiger partial charge in [0, 0.05) is 25.1 Å². The van der Waals surface area contributed by atoms with E-state index in [2.05, 4.69) is 10.4 Å². The van der Waals surface area contributed by atoms with Gasteiger partial charge in [0.2, 0.25) is 0 Å². The van der Waals surface area contributed by atoms with Crippen molar-refractivity contribution in [3.05, 3.63) is 40.3 Å². The SMILES string of the molecule is COCC(C)NC(=O)c1nn(CC(C)C)c(=O)c2ccccc12. The minimum Gasteiger partial charge on any atom is -0.383 e. The van der Waals surface area contributed by atoms with Gasteiger partial charge in [-0.25, -0.2) is 4.68 Å². The highest BCUT2D eigenvalue weighted by Gasteiger charge is 2.18. The first-order valence-corrected chi connectivity index (χ1v) is 7.73. The molecule has 1 heterocycles. The fourth-order valence-corrected chi connectivity index (χ4v) is 2.46. The summed E-state index contributed by atoms with van der Waals surface area (Å²) in [5, 5.41) is 8.23. The standard InChI is InChI=1S/C17H23N3O3/c1-11(2)9-20-17(22)14-8-6-5-7-13(14)15(19-20)16(21)18-12(3)10-23-4/h5-8,11-12H,9-10H2,1-4H3,(H,18,21). The molecule has 1 unspecified atom stereocenters. The van der Waals surface area contributed by atoms with Gasteiger partial charge >= 0.3 is 0 Å². The molecule has 0 saturated heterocycles. The maximum atomic E-state index is 12.5. The van der Waals surface area contributed by atoms with Gasteiger partial charge < -0.3 is 10.1 Å². The van der Waals surface area contributed by atoms with Gasteiger partial charge in [-0.05, 0) is 18.9 Å². The van der Waals surface area contributed by atoms with Crippen molar-refractivity contribution in [2.45, 2.75) is 33.4 Å². The zero-order valence-corrected chi connectivity index (χ0v) is 14.0. The van der Waals surface area contributed by atoms with Crippen LogP contribution in [0.25, 0.3) is 10.8 Å². The van der Waals surface area contributed by atoms with Crippen LogP contribution in [-0.4, -0.2) is 35.4 Å². The van der Waals surface area contributed by atoms with E-state index in [1.165, 1.54) is 4.68 Å². The van der Waals surface area contributed by atoms with Gasteiger partial charge in [0.05, 0.1) is 12.0 Å². The van der Waals surface area contributed by atoms with E-state index >= 15 is 0 Å². The van der Waals surface area contributed by atoms with Crippen molar-refractivity contribution < 1.29 is 9.53 Å². The van der Waals surface area contributed by atoms with Crippen LogP contribution in [0.3, 0.4) is 0 Å². The number of fused-ring (bicyclic) bond motifs is 1. The zero-order chi connectivity index (χ0) is 17.0. The van der Waals surface area contributed by atoms with Crippen molar-refractivity contribution in [2.75, 3.05) is 13.7 Å². The quantitative estimate of drug-likeness (QED) is 0.882. The van der Waals surface area contributed by atoms with Crippen molar-refractivity contribution in [1.82, 2.24) is 15.1 Å². The molecule has 0 saturated carbocycles. The van der Waals surface area contributed by atoms with Gasteiger partial charge in [-0.3, -0.25) is 9.59 Å². The Labute approximate surface area is 135 Å². The average Bonchev–Trinajstić information content (AvgIpc) is 2.49. The maximum Gasteiger partial charge on any atom is 0.274 e. The molecule has 0 spiro atoms. The topological polar surface area (TPSA) is 73.2 Å². The number of rotatable bonds is 6. The predicted octanol–water partition coefficient (Wildman–Crippen LogP) is 1.82. The minimum atomic E-state index is -0.303. The molecular weight excluding hydrogens is 294 g/mol. The second-order valence-electron chi connectivity index (χ2n) is 6.11. The highest BCUT2D eigenvalue weighted by molar-refractivity contribution is 6.04. The Morgan fingerprint density at radius 3 is 2.52 bits per heavy atom. The first kappa shape index (κ1) is 17.1. The summed E-state index contributed by atoms with van der Waals surface area (Å²) < 4.78 is 6.41. The molecule has 1 aromatic heterocycles. The number of carbonyl (C=O) groups excluding carboxylic acids is 1. The van der Waals surface area contributed by atoms with Crippen LogP contribution in [0.1, 0.15) is 31.3 Å². The van der Waals surface area contributed by atoms with Crippen LogP contribution in [-0.2, 0) is 11.3 Å². The maximum absolute atomic E-state index is 12.5. The number of carbonyl (C=O) groups is 1. The van der Waals surface area contributed by atoms with Crippen LogP contribution in [0.5, 0.6) is 0 Å². The number of nitrogens with one attached hydrogen (secondary N) is 1. The van der Waals surface area contributed by atoms with E-state index in [1.807, 2.05) is 20.8 Å². The Kier molecular flexibility index (Phi) is 5.50. The van der Waals surface area contributed by atoms with E-state index in [-0.39, 0.29) is 29.1 Å². The minimum absolute atomic E-state index is 0.140. The Morgan fingerprint density at radius 2 is 1.91 bits per heavy atom. The molecule has 0 aliphatic rings. The summed E-state index contributed by atoms with van der Waals surface area (Å²) in [6, 6.07) is 6.92. The molecule has 0 aliphatic carbocycles. The molecule has 1 amide bonds. The van der Waals surface area contributed by atoms with E-state index < -0.39 is 0 Å². The first-order valence-electron chi connectivity index (χ1n) is 7.73. The molecule has 0 bridgehead atoms. The summed E-state index contributed by atoms with van der Waals surface area (Å²) >= 11 is 0. The predicted molar refractivity (Wildman–Crippen MR) is 89.6 cm³/mol. The first-order chi connectivity index (χ1) is 10.9. The van der Waals surface area contributed by atoms with Crippen LogP contribution in [0.15, 0.2) is 29.1 Å². The molecule has 1 N–H and O–H groups in total. The number of nitrogens with zero attached hydrogens (tertiary/aromatic N) is 2. The smallest absolute Gasteiger partial charge is 0.274 e. The van der Waals surface area contributed by atoms with Crippen molar-refractivity contribution in [3.8, 4) is 0 Å². The Balaban J connectivity index is 2.51. The second kappa shape index (κ2) is 7.37. The number of hydrogen-bond donors (Lipinski definition) is 1. The lowest BCUT2D eigenvalue weighted by molar-refractivity contribution is 0.0899. The summed E-state index contributed by atoms with van der Waals surface area (Å²) in [5.41, 5.74) is 0.0968. The highest BCUT2D eigenvalue weighted by atomic mass is 16.5. The number of hydrogen-bond acceptors (Lipinski definition) is 4. The van der Waals surface area contributed by atoms with Crippen molar-refractivity contribution >= 4 is 16.7 Å². The van der Waals surface area contributed by atoms with Gasteiger partial charge in [0.25, 0.3) is 11.5 Å². The van der Waals surface area contributed by atoms with Crippen LogP contribution in [0, 0.1) is 5.92 Å². The fraction of sp³-hybridized carbons (Fsp3) is 0.471. The number of amides is 1. The summed E-state index contributed by atoms with van der Waals surface area (Å²) in [6.07, 6.45) is 0. The van der Waals surface area contributed by atoms with E-state index in [9.17, 15) is 9.59 Å². The Hall–Kier alpha value is -2.21. The molecule has 1 aromatic carbocycles. The number of aromatic nitrogens is 2. The average molecular weight is 317 g/mol. The molecular formula is C17H23N3O3. The third-order valence-corrected chi connectivity index (χ3v) is 3.42. The molecule has 0 fully saturated rings. The molecule has 0 radical (unpaired) electrons. The normalized spacial score (nSPS) is 12.6. The molecule has 2 rings (SSSR count). The molecule has 124 valence electrons. The molecule has 23 heavy (non-hydrogen) atoms. The van der Waals surface area contributed by atoms with E-state index in [0.717, 1.165) is 0 Å². The van der Waals surface area contributed by atoms with Gasteiger partial charge in [-0.15, -0.1) is 0 Å². The highest BCUT2D eigenvalue weighted by Crippen LogP contribution is 2.14. The van der Waals surface area contributed by atoms with Crippen molar-refractivity contribution in [2.24, 2.45) is 5.92 Å². The van der Waals surface area contributed by atoms with Gasteiger partial charge in [-0.2, -0.15) is 5.10 Å². The summed E-state index contributed by atoms with van der Waals surface area (Å²) in [7, 11) is 1.58. The van der Waals surface area contributed by atoms with Crippen LogP contribution in [0.2, 0.25) is 0 Å². The lowest BCUT2D eigenvalue weighted by Crippen LogP contribution is -2.38. The van der Waals surface area contributed by atoms with E-state index in [0.29, 0.717) is 23.9 Å². The van der Waals surface area contributed by atoms with Gasteiger partial charge in [0.15, 0.2) is 5.69 Å². The Morgan fingerprint density at radius 1 is 1.26 bits per heavy atom. The summed E-state index contributed by atoms with van der Waals surface area (Å²) in [6.45, 7) is 6.74. The van der Waals surface area contributed by atoms with Crippen molar-refractivity contribution in [3.63, 3.8) is 0 Å². The largest absolute Gasteiger partial charge is 0.383 e. The number of methoxy groups -OCH3 is 1. The Bertz CT molecular complexity index is 752. The molecule has 6 nitrogen and oxygen atoms in total. The third kappa shape index (κ3) is 3.96. The third-order valence-electron chi connectivity index (χ3n) is 3.42. The number of ether oxygens (including phenoxy) is 1.